The first kappa shape index (κ1) is 22.9. The van der Waals surface area contributed by atoms with E-state index >= 15 is 0 Å². The number of aryl methyl sites for hydroxylation is 1. The van der Waals surface area contributed by atoms with E-state index in [1.165, 1.54) is 24.3 Å². The van der Waals surface area contributed by atoms with Crippen molar-refractivity contribution in [1.29, 1.82) is 0 Å². The highest BCUT2D eigenvalue weighted by Gasteiger charge is 2.25. The molecule has 1 aliphatic rings. The highest BCUT2D eigenvalue weighted by molar-refractivity contribution is 7.09. The van der Waals surface area contributed by atoms with Gasteiger partial charge in [0.25, 0.3) is 5.91 Å². The van der Waals surface area contributed by atoms with Crippen LogP contribution in [0.2, 0.25) is 0 Å². The van der Waals surface area contributed by atoms with E-state index in [9.17, 15) is 14.0 Å². The van der Waals surface area contributed by atoms with E-state index in [0.717, 1.165) is 10.7 Å². The molecule has 0 radical (unpaired) electrons. The number of benzene rings is 2. The first-order valence-electron chi connectivity index (χ1n) is 10.7. The summed E-state index contributed by atoms with van der Waals surface area (Å²) in [5, 5.41) is 5.69. The summed E-state index contributed by atoms with van der Waals surface area (Å²) in [6.07, 6.45) is 0. The normalized spacial score (nSPS) is 14.2. The lowest BCUT2D eigenvalue weighted by molar-refractivity contribution is -0.117. The Labute approximate surface area is 195 Å². The predicted molar refractivity (Wildman–Crippen MR) is 125 cm³/mol. The van der Waals surface area contributed by atoms with Gasteiger partial charge in [0.05, 0.1) is 22.8 Å². The molecule has 2 aromatic carbocycles. The number of piperazine rings is 1. The van der Waals surface area contributed by atoms with Crippen molar-refractivity contribution < 1.29 is 18.7 Å². The molecule has 172 valence electrons. The maximum absolute atomic E-state index is 13.1. The molecule has 33 heavy (non-hydrogen) atoms. The van der Waals surface area contributed by atoms with Crippen LogP contribution in [0.1, 0.15) is 21.1 Å². The second-order valence-electron chi connectivity index (χ2n) is 7.77. The molecule has 1 N–H and O–H groups in total. The van der Waals surface area contributed by atoms with Crippen LogP contribution < -0.4 is 10.1 Å². The second-order valence-corrected chi connectivity index (χ2v) is 8.83. The third-order valence-electron chi connectivity index (χ3n) is 5.31. The molecule has 0 saturated carbocycles. The van der Waals surface area contributed by atoms with Crippen molar-refractivity contribution in [3.8, 4) is 5.75 Å². The van der Waals surface area contributed by atoms with Gasteiger partial charge in [-0.2, -0.15) is 0 Å². The van der Waals surface area contributed by atoms with Crippen molar-refractivity contribution in [2.75, 3.05) is 38.0 Å². The first-order chi connectivity index (χ1) is 16.0. The van der Waals surface area contributed by atoms with Gasteiger partial charge in [0.15, 0.2) is 0 Å². The van der Waals surface area contributed by atoms with E-state index in [4.69, 9.17) is 4.74 Å². The predicted octanol–water partition coefficient (Wildman–Crippen LogP) is 3.57. The number of hydrogen-bond acceptors (Lipinski definition) is 6. The van der Waals surface area contributed by atoms with Crippen LogP contribution in [0.5, 0.6) is 5.75 Å². The Morgan fingerprint density at radius 1 is 1.09 bits per heavy atom. The fraction of sp³-hybridized carbons (Fsp3) is 0.292. The Balaban J connectivity index is 1.29. The monoisotopic (exact) mass is 468 g/mol. The number of ether oxygens (including phenoxy) is 1. The van der Waals surface area contributed by atoms with Crippen molar-refractivity contribution in [2.45, 2.75) is 13.5 Å². The fourth-order valence-electron chi connectivity index (χ4n) is 3.61. The van der Waals surface area contributed by atoms with Crippen molar-refractivity contribution in [3.05, 3.63) is 76.0 Å². The van der Waals surface area contributed by atoms with E-state index in [2.05, 4.69) is 10.3 Å². The third-order valence-corrected chi connectivity index (χ3v) is 6.14. The molecule has 0 atom stereocenters. The number of thiazole rings is 1. The van der Waals surface area contributed by atoms with E-state index < -0.39 is 0 Å². The van der Waals surface area contributed by atoms with Crippen LogP contribution in [0.25, 0.3) is 0 Å². The average molecular weight is 469 g/mol. The number of nitrogens with zero attached hydrogens (tertiary/aromatic N) is 3. The van der Waals surface area contributed by atoms with Crippen LogP contribution in [-0.2, 0) is 11.4 Å². The van der Waals surface area contributed by atoms with Crippen molar-refractivity contribution in [3.63, 3.8) is 0 Å². The Hall–Kier alpha value is -3.30. The number of hydrogen-bond donors (Lipinski definition) is 1. The van der Waals surface area contributed by atoms with Crippen LogP contribution in [0.15, 0.2) is 53.9 Å². The van der Waals surface area contributed by atoms with E-state index in [1.54, 1.807) is 28.4 Å². The largest absolute Gasteiger partial charge is 0.486 e. The molecule has 1 saturated heterocycles. The lowest BCUT2D eigenvalue weighted by Crippen LogP contribution is -2.50. The summed E-state index contributed by atoms with van der Waals surface area (Å²) in [6.45, 7) is 4.67. The molecule has 3 aromatic rings. The van der Waals surface area contributed by atoms with Crippen LogP contribution in [0, 0.1) is 12.7 Å². The number of nitrogens with one attached hydrogen (secondary N) is 1. The summed E-state index contributed by atoms with van der Waals surface area (Å²) < 4.78 is 18.9. The van der Waals surface area contributed by atoms with Gasteiger partial charge in [-0.15, -0.1) is 11.3 Å². The molecular weight excluding hydrogens is 443 g/mol. The molecule has 2 heterocycles. The van der Waals surface area contributed by atoms with Crippen molar-refractivity contribution in [2.24, 2.45) is 0 Å². The minimum atomic E-state index is -0.348. The Bertz CT molecular complexity index is 1110. The van der Waals surface area contributed by atoms with Crippen molar-refractivity contribution in [1.82, 2.24) is 14.8 Å². The summed E-state index contributed by atoms with van der Waals surface area (Å²) in [7, 11) is 0. The number of anilines is 1. The molecule has 1 aromatic heterocycles. The molecule has 1 fully saturated rings. The van der Waals surface area contributed by atoms with Gasteiger partial charge in [0, 0.05) is 37.2 Å². The van der Waals surface area contributed by atoms with Gasteiger partial charge < -0.3 is 15.0 Å². The van der Waals surface area contributed by atoms with E-state index in [1.807, 2.05) is 29.3 Å². The minimum Gasteiger partial charge on any atom is -0.486 e. The SMILES string of the molecule is Cc1nc(COc2ccccc2C(=O)N2CCN(CC(=O)Nc3ccc(F)cc3)CC2)cs1. The standard InChI is InChI=1S/C24H25FN4O3S/c1-17-26-20(16-33-17)15-32-22-5-3-2-4-21(22)24(31)29-12-10-28(11-13-29)14-23(30)27-19-8-6-18(25)7-9-19/h2-9,16H,10-15H2,1H3,(H,27,30). The number of carbonyl (C=O) groups excluding carboxylic acids is 2. The van der Waals surface area contributed by atoms with Crippen molar-refractivity contribution >= 4 is 28.8 Å². The number of para-hydroxylation sites is 1. The quantitative estimate of drug-likeness (QED) is 0.574. The van der Waals surface area contributed by atoms with Gasteiger partial charge in [-0.25, -0.2) is 9.37 Å². The lowest BCUT2D eigenvalue weighted by atomic mass is 10.1. The Kier molecular flexibility index (Phi) is 7.31. The number of halogens is 1. The molecular formula is C24H25FN4O3S. The Morgan fingerprint density at radius 3 is 2.52 bits per heavy atom. The first-order valence-corrected chi connectivity index (χ1v) is 11.6. The highest BCUT2D eigenvalue weighted by Crippen LogP contribution is 2.22. The molecule has 0 bridgehead atoms. The van der Waals surface area contributed by atoms with Crippen LogP contribution >= 0.6 is 11.3 Å². The summed E-state index contributed by atoms with van der Waals surface area (Å²) in [4.78, 5) is 33.6. The molecule has 1 aliphatic heterocycles. The zero-order chi connectivity index (χ0) is 23.2. The van der Waals surface area contributed by atoms with Gasteiger partial charge in [-0.3, -0.25) is 14.5 Å². The zero-order valence-corrected chi connectivity index (χ0v) is 19.1. The van der Waals surface area contributed by atoms with Crippen LogP contribution in [0.3, 0.4) is 0 Å². The molecule has 2 amide bonds. The molecule has 9 heteroatoms. The zero-order valence-electron chi connectivity index (χ0n) is 18.3. The van der Waals surface area contributed by atoms with Gasteiger partial charge in [0.2, 0.25) is 5.91 Å². The van der Waals surface area contributed by atoms with E-state index in [0.29, 0.717) is 49.8 Å². The number of carbonyl (C=O) groups is 2. The summed E-state index contributed by atoms with van der Waals surface area (Å²) in [6, 6.07) is 12.9. The second kappa shape index (κ2) is 10.5. The third kappa shape index (κ3) is 6.15. The maximum atomic E-state index is 13.1. The number of aromatic nitrogens is 1. The highest BCUT2D eigenvalue weighted by atomic mass is 32.1. The molecule has 0 aliphatic carbocycles. The molecule has 0 spiro atoms. The number of rotatable bonds is 7. The van der Waals surface area contributed by atoms with Gasteiger partial charge in [-0.05, 0) is 43.3 Å². The average Bonchev–Trinajstić information content (AvgIpc) is 3.24. The topological polar surface area (TPSA) is 74.8 Å². The smallest absolute Gasteiger partial charge is 0.257 e. The van der Waals surface area contributed by atoms with E-state index in [-0.39, 0.29) is 24.2 Å². The lowest BCUT2D eigenvalue weighted by Gasteiger charge is -2.34. The maximum Gasteiger partial charge on any atom is 0.257 e. The fourth-order valence-corrected chi connectivity index (χ4v) is 4.21. The summed E-state index contributed by atoms with van der Waals surface area (Å²) in [5.41, 5.74) is 1.92. The molecule has 4 rings (SSSR count). The molecule has 7 nitrogen and oxygen atoms in total. The van der Waals surface area contributed by atoms with Gasteiger partial charge in [0.1, 0.15) is 18.2 Å². The van der Waals surface area contributed by atoms with Crippen LogP contribution in [-0.4, -0.2) is 59.3 Å². The van der Waals surface area contributed by atoms with Gasteiger partial charge >= 0.3 is 0 Å². The minimum absolute atomic E-state index is 0.0875. The van der Waals surface area contributed by atoms with Crippen LogP contribution in [0.4, 0.5) is 10.1 Å². The Morgan fingerprint density at radius 2 is 1.82 bits per heavy atom. The summed E-state index contributed by atoms with van der Waals surface area (Å²) >= 11 is 1.56. The summed E-state index contributed by atoms with van der Waals surface area (Å²) in [5.74, 6) is -0.0684. The van der Waals surface area contributed by atoms with Gasteiger partial charge in [-0.1, -0.05) is 12.1 Å². The number of amides is 2. The molecule has 0 unspecified atom stereocenters.